The van der Waals surface area contributed by atoms with E-state index in [0.29, 0.717) is 11.1 Å². The number of aryl methyl sites for hydroxylation is 1. The third kappa shape index (κ3) is 1.85. The van der Waals surface area contributed by atoms with Gasteiger partial charge < -0.3 is 5.11 Å². The summed E-state index contributed by atoms with van der Waals surface area (Å²) in [6.45, 7) is 1.89. The van der Waals surface area contributed by atoms with Crippen LogP contribution in [0.3, 0.4) is 0 Å². The Labute approximate surface area is 118 Å². The molecular weight excluding hydrogens is 274 g/mol. The fraction of sp³-hybridized carbons (Fsp3) is 0.267. The van der Waals surface area contributed by atoms with E-state index in [1.807, 2.05) is 13.0 Å². The highest BCUT2D eigenvalue weighted by molar-refractivity contribution is 7.91. The van der Waals surface area contributed by atoms with Crippen molar-refractivity contribution in [3.63, 3.8) is 0 Å². The van der Waals surface area contributed by atoms with E-state index in [1.165, 1.54) is 0 Å². The molecule has 0 spiro atoms. The van der Waals surface area contributed by atoms with Crippen LogP contribution in [0.1, 0.15) is 23.1 Å². The van der Waals surface area contributed by atoms with Crippen LogP contribution in [-0.4, -0.2) is 24.3 Å². The van der Waals surface area contributed by atoms with E-state index >= 15 is 0 Å². The first kappa shape index (κ1) is 13.3. The summed E-state index contributed by atoms with van der Waals surface area (Å²) in [6.07, 6.45) is 3.43. The van der Waals surface area contributed by atoms with Gasteiger partial charge >= 0.3 is 0 Å². The van der Waals surface area contributed by atoms with Gasteiger partial charge in [-0.25, -0.2) is 8.42 Å². The summed E-state index contributed by atoms with van der Waals surface area (Å²) in [7, 11) is -3.31. The van der Waals surface area contributed by atoms with Crippen molar-refractivity contribution in [3.8, 4) is 0 Å². The summed E-state index contributed by atoms with van der Waals surface area (Å²) in [6, 6.07) is 8.48. The molecule has 0 saturated heterocycles. The van der Waals surface area contributed by atoms with Crippen molar-refractivity contribution in [1.29, 1.82) is 0 Å². The molecule has 1 aromatic carbocycles. The van der Waals surface area contributed by atoms with Crippen molar-refractivity contribution in [2.45, 2.75) is 23.8 Å². The van der Waals surface area contributed by atoms with Crippen molar-refractivity contribution in [3.05, 3.63) is 59.4 Å². The minimum Gasteiger partial charge on any atom is -0.380 e. The molecule has 0 radical (unpaired) electrons. The number of sulfone groups is 1. The van der Waals surface area contributed by atoms with Gasteiger partial charge in [-0.2, -0.15) is 0 Å². The molecule has 2 heterocycles. The Morgan fingerprint density at radius 3 is 2.70 bits per heavy atom. The molecule has 0 amide bonds. The fourth-order valence-electron chi connectivity index (χ4n) is 2.78. The number of fused-ring (bicyclic) bond motifs is 1. The standard InChI is InChI=1S/C15H15NO3S/c1-11-6-8-16-10-13(11)15(17)7-9-20(18,19)14-5-3-2-4-12(14)15/h2-6,8,10,17H,7,9H2,1H3. The van der Waals surface area contributed by atoms with Gasteiger partial charge in [0.15, 0.2) is 9.84 Å². The van der Waals surface area contributed by atoms with Gasteiger partial charge in [0.2, 0.25) is 0 Å². The Morgan fingerprint density at radius 1 is 1.20 bits per heavy atom. The van der Waals surface area contributed by atoms with E-state index in [4.69, 9.17) is 0 Å². The zero-order valence-corrected chi connectivity index (χ0v) is 11.9. The molecule has 5 heteroatoms. The van der Waals surface area contributed by atoms with Crippen LogP contribution < -0.4 is 0 Å². The SMILES string of the molecule is Cc1ccncc1C1(O)CCS(=O)(=O)c2ccccc21. The number of hydrogen-bond donors (Lipinski definition) is 1. The Bertz CT molecular complexity index is 770. The Balaban J connectivity index is 2.29. The third-order valence-corrected chi connectivity index (χ3v) is 5.65. The minimum absolute atomic E-state index is 0.0607. The maximum absolute atomic E-state index is 12.2. The van der Waals surface area contributed by atoms with Gasteiger partial charge in [-0.1, -0.05) is 18.2 Å². The van der Waals surface area contributed by atoms with Crippen molar-refractivity contribution in [1.82, 2.24) is 4.98 Å². The first-order chi connectivity index (χ1) is 9.45. The van der Waals surface area contributed by atoms with Crippen LogP contribution >= 0.6 is 0 Å². The molecule has 1 N–H and O–H groups in total. The molecule has 4 nitrogen and oxygen atoms in total. The van der Waals surface area contributed by atoms with Crippen molar-refractivity contribution in [2.24, 2.45) is 0 Å². The number of pyridine rings is 1. The van der Waals surface area contributed by atoms with Crippen LogP contribution in [0.25, 0.3) is 0 Å². The lowest BCUT2D eigenvalue weighted by molar-refractivity contribution is 0.0707. The molecule has 1 unspecified atom stereocenters. The van der Waals surface area contributed by atoms with Crippen molar-refractivity contribution < 1.29 is 13.5 Å². The van der Waals surface area contributed by atoms with E-state index in [0.717, 1.165) is 5.56 Å². The van der Waals surface area contributed by atoms with Crippen molar-refractivity contribution in [2.75, 3.05) is 5.75 Å². The molecule has 2 aromatic rings. The summed E-state index contributed by atoms with van der Waals surface area (Å²) in [5.41, 5.74) is 0.724. The summed E-state index contributed by atoms with van der Waals surface area (Å²) in [4.78, 5) is 4.29. The van der Waals surface area contributed by atoms with E-state index in [-0.39, 0.29) is 17.1 Å². The quantitative estimate of drug-likeness (QED) is 0.869. The lowest BCUT2D eigenvalue weighted by Crippen LogP contribution is -2.37. The maximum Gasteiger partial charge on any atom is 0.178 e. The van der Waals surface area contributed by atoms with Crippen LogP contribution in [0.4, 0.5) is 0 Å². The average molecular weight is 289 g/mol. The van der Waals surface area contributed by atoms with Crippen LogP contribution in [-0.2, 0) is 15.4 Å². The van der Waals surface area contributed by atoms with Gasteiger partial charge in [0.05, 0.1) is 10.6 Å². The predicted octanol–water partition coefficient (Wildman–Crippen LogP) is 1.80. The molecule has 1 aliphatic rings. The number of aromatic nitrogens is 1. The molecular formula is C15H15NO3S. The molecule has 1 aliphatic heterocycles. The predicted molar refractivity (Wildman–Crippen MR) is 75.1 cm³/mol. The number of hydrogen-bond acceptors (Lipinski definition) is 4. The maximum atomic E-state index is 12.2. The van der Waals surface area contributed by atoms with Gasteiger partial charge in [0.1, 0.15) is 5.60 Å². The van der Waals surface area contributed by atoms with Gasteiger partial charge in [-0.05, 0) is 31.0 Å². The smallest absolute Gasteiger partial charge is 0.178 e. The van der Waals surface area contributed by atoms with E-state index < -0.39 is 15.4 Å². The lowest BCUT2D eigenvalue weighted by Gasteiger charge is -2.35. The van der Waals surface area contributed by atoms with E-state index in [9.17, 15) is 13.5 Å². The summed E-state index contributed by atoms with van der Waals surface area (Å²) in [5.74, 6) is -0.0607. The summed E-state index contributed by atoms with van der Waals surface area (Å²) in [5, 5.41) is 11.1. The van der Waals surface area contributed by atoms with Crippen LogP contribution in [0.15, 0.2) is 47.6 Å². The van der Waals surface area contributed by atoms with E-state index in [2.05, 4.69) is 4.98 Å². The minimum atomic E-state index is -3.31. The number of benzene rings is 1. The average Bonchev–Trinajstić information content (AvgIpc) is 2.44. The largest absolute Gasteiger partial charge is 0.380 e. The fourth-order valence-corrected chi connectivity index (χ4v) is 4.42. The molecule has 20 heavy (non-hydrogen) atoms. The highest BCUT2D eigenvalue weighted by Gasteiger charge is 2.42. The second-order valence-corrected chi connectivity index (χ2v) is 7.19. The van der Waals surface area contributed by atoms with E-state index in [1.54, 1.807) is 36.7 Å². The molecule has 1 atom stereocenters. The first-order valence-electron chi connectivity index (χ1n) is 6.41. The highest BCUT2D eigenvalue weighted by atomic mass is 32.2. The molecule has 0 bridgehead atoms. The third-order valence-electron chi connectivity index (χ3n) is 3.88. The Morgan fingerprint density at radius 2 is 1.95 bits per heavy atom. The molecule has 0 saturated carbocycles. The van der Waals surface area contributed by atoms with Gasteiger partial charge in [0.25, 0.3) is 0 Å². The molecule has 0 aliphatic carbocycles. The zero-order valence-electron chi connectivity index (χ0n) is 11.1. The number of aliphatic hydroxyl groups is 1. The van der Waals surface area contributed by atoms with Gasteiger partial charge in [-0.15, -0.1) is 0 Å². The number of rotatable bonds is 1. The second-order valence-electron chi connectivity index (χ2n) is 5.12. The van der Waals surface area contributed by atoms with Gasteiger partial charge in [0, 0.05) is 23.5 Å². The second kappa shape index (κ2) is 4.40. The normalized spacial score (nSPS) is 24.1. The Hall–Kier alpha value is -1.72. The summed E-state index contributed by atoms with van der Waals surface area (Å²) < 4.78 is 24.3. The van der Waals surface area contributed by atoms with Crippen LogP contribution in [0.5, 0.6) is 0 Å². The zero-order chi connectivity index (χ0) is 14.4. The monoisotopic (exact) mass is 289 g/mol. The molecule has 104 valence electrons. The molecule has 0 fully saturated rings. The Kier molecular flexibility index (Phi) is 2.92. The molecule has 3 rings (SSSR count). The highest BCUT2D eigenvalue weighted by Crippen LogP contribution is 2.42. The summed E-state index contributed by atoms with van der Waals surface area (Å²) >= 11 is 0. The lowest BCUT2D eigenvalue weighted by atomic mass is 9.82. The van der Waals surface area contributed by atoms with Crippen molar-refractivity contribution >= 4 is 9.84 Å². The topological polar surface area (TPSA) is 67.3 Å². The molecule has 1 aromatic heterocycles. The van der Waals surface area contributed by atoms with Crippen LogP contribution in [0, 0.1) is 6.92 Å². The van der Waals surface area contributed by atoms with Gasteiger partial charge in [-0.3, -0.25) is 4.98 Å². The van der Waals surface area contributed by atoms with Crippen LogP contribution in [0.2, 0.25) is 0 Å². The number of nitrogens with zero attached hydrogens (tertiary/aromatic N) is 1. The first-order valence-corrected chi connectivity index (χ1v) is 8.06.